The molecular weight excluding hydrogens is 500 g/mol. The molecule has 7 rings (SSSR count). The lowest BCUT2D eigenvalue weighted by Gasteiger charge is -2.65. The van der Waals surface area contributed by atoms with Crippen LogP contribution in [0, 0.1) is 18.8 Å². The summed E-state index contributed by atoms with van der Waals surface area (Å²) in [6.45, 7) is 8.92. The van der Waals surface area contributed by atoms with Gasteiger partial charge in [0.15, 0.2) is 11.5 Å². The first-order valence-corrected chi connectivity index (χ1v) is 15.2. The Hall–Kier alpha value is -2.83. The van der Waals surface area contributed by atoms with Gasteiger partial charge in [-0.2, -0.15) is 0 Å². The molecule has 1 saturated heterocycles. The largest absolute Gasteiger partial charge is 0.504 e. The first-order chi connectivity index (χ1) is 19.2. The maximum Gasteiger partial charge on any atom is 0.246 e. The van der Waals surface area contributed by atoms with Gasteiger partial charge < -0.3 is 19.8 Å². The van der Waals surface area contributed by atoms with Crippen LogP contribution in [0.4, 0.5) is 0 Å². The Labute approximate surface area is 237 Å². The molecule has 2 aromatic carbocycles. The number of phenolic OH excluding ortho intramolecular Hbond substituents is 1. The fourth-order valence-electron chi connectivity index (χ4n) is 8.59. The smallest absolute Gasteiger partial charge is 0.246 e. The van der Waals surface area contributed by atoms with E-state index in [1.54, 1.807) is 12.1 Å². The van der Waals surface area contributed by atoms with Crippen LogP contribution in [0.3, 0.4) is 0 Å². The fourth-order valence-corrected chi connectivity index (χ4v) is 8.59. The number of ether oxygens (including phenoxy) is 1. The molecule has 2 heterocycles. The van der Waals surface area contributed by atoms with E-state index in [0.717, 1.165) is 48.5 Å². The number of rotatable bonds is 7. The van der Waals surface area contributed by atoms with Crippen molar-refractivity contribution in [2.45, 2.75) is 88.5 Å². The van der Waals surface area contributed by atoms with Crippen LogP contribution in [0.15, 0.2) is 42.5 Å². The number of benzene rings is 2. The maximum absolute atomic E-state index is 13.9. The summed E-state index contributed by atoms with van der Waals surface area (Å²) in [5.41, 5.74) is 2.79. The zero-order valence-corrected chi connectivity index (χ0v) is 24.0. The van der Waals surface area contributed by atoms with Gasteiger partial charge in [-0.15, -0.1) is 0 Å². The van der Waals surface area contributed by atoms with E-state index in [4.69, 9.17) is 4.74 Å². The molecule has 3 aliphatic carbocycles. The molecule has 2 saturated carbocycles. The van der Waals surface area contributed by atoms with E-state index in [2.05, 4.69) is 37.8 Å². The third-order valence-corrected chi connectivity index (χ3v) is 10.4. The highest BCUT2D eigenvalue weighted by Gasteiger charge is 2.73. The highest BCUT2D eigenvalue weighted by atomic mass is 16.5. The number of phenols is 1. The van der Waals surface area contributed by atoms with Crippen molar-refractivity contribution in [3.63, 3.8) is 0 Å². The standard InChI is InChI=1S/C34H42N2O4/c1-21(2)19-36(29(38)12-9-23-6-4-5-22(3)17-23)26-13-14-34(39)28-18-25-10-11-27(37)31-30(25)33(34,32(26)40-31)15-16-35(28)20-24-7-8-24/h4-6,9-12,17,21,24,26,28,32,37,39H,7-8,13-16,18-20H2,1-3H3/b12-9+/t26-,28+,32+,33+,34-/m1/s1. The summed E-state index contributed by atoms with van der Waals surface area (Å²) < 4.78 is 6.76. The fraction of sp³-hybridized carbons (Fsp3) is 0.559. The molecule has 5 atom stereocenters. The number of aryl methyl sites for hydroxylation is 1. The van der Waals surface area contributed by atoms with Gasteiger partial charge in [0.1, 0.15) is 6.10 Å². The second kappa shape index (κ2) is 9.35. The van der Waals surface area contributed by atoms with E-state index >= 15 is 0 Å². The Balaban J connectivity index is 1.28. The summed E-state index contributed by atoms with van der Waals surface area (Å²) in [6.07, 6.45) is 8.65. The number of carbonyl (C=O) groups is 1. The second-order valence-corrected chi connectivity index (χ2v) is 13.5. The number of aromatic hydroxyl groups is 1. The molecule has 40 heavy (non-hydrogen) atoms. The number of hydrogen-bond acceptors (Lipinski definition) is 5. The normalized spacial score (nSPS) is 32.3. The molecule has 0 radical (unpaired) electrons. The van der Waals surface area contributed by atoms with Crippen LogP contribution in [0.25, 0.3) is 6.08 Å². The van der Waals surface area contributed by atoms with Gasteiger partial charge in [0, 0.05) is 30.8 Å². The van der Waals surface area contributed by atoms with Gasteiger partial charge in [-0.05, 0) is 87.1 Å². The molecule has 2 bridgehead atoms. The molecule has 0 unspecified atom stereocenters. The van der Waals surface area contributed by atoms with E-state index in [-0.39, 0.29) is 29.7 Å². The third-order valence-electron chi connectivity index (χ3n) is 10.4. The van der Waals surface area contributed by atoms with Crippen molar-refractivity contribution < 1.29 is 19.7 Å². The Morgan fingerprint density at radius 1 is 1.20 bits per heavy atom. The Kier molecular flexibility index (Phi) is 6.10. The molecule has 1 amide bonds. The number of aliphatic hydroxyl groups is 1. The van der Waals surface area contributed by atoms with E-state index < -0.39 is 17.1 Å². The molecule has 6 nitrogen and oxygen atoms in total. The second-order valence-electron chi connectivity index (χ2n) is 13.5. The first kappa shape index (κ1) is 26.1. The Bertz CT molecular complexity index is 1370. The van der Waals surface area contributed by atoms with E-state index in [1.165, 1.54) is 18.4 Å². The average Bonchev–Trinajstić information content (AvgIpc) is 3.66. The minimum absolute atomic E-state index is 0.0235. The number of nitrogens with zero attached hydrogens (tertiary/aromatic N) is 2. The third kappa shape index (κ3) is 3.86. The zero-order valence-electron chi connectivity index (χ0n) is 24.0. The topological polar surface area (TPSA) is 73.2 Å². The summed E-state index contributed by atoms with van der Waals surface area (Å²) >= 11 is 0. The van der Waals surface area contributed by atoms with Crippen molar-refractivity contribution in [2.24, 2.45) is 11.8 Å². The van der Waals surface area contributed by atoms with Crippen LogP contribution in [0.5, 0.6) is 11.5 Å². The number of piperidine rings is 1. The minimum atomic E-state index is -0.947. The van der Waals surface area contributed by atoms with E-state index in [9.17, 15) is 15.0 Å². The first-order valence-electron chi connectivity index (χ1n) is 15.2. The maximum atomic E-state index is 13.9. The van der Waals surface area contributed by atoms with Crippen LogP contribution in [0.1, 0.15) is 68.2 Å². The molecule has 0 aromatic heterocycles. The minimum Gasteiger partial charge on any atom is -0.504 e. The van der Waals surface area contributed by atoms with Crippen molar-refractivity contribution in [3.8, 4) is 11.5 Å². The van der Waals surface area contributed by atoms with E-state index in [1.807, 2.05) is 29.2 Å². The number of carbonyl (C=O) groups excluding carboxylic acids is 1. The average molecular weight is 543 g/mol. The van der Waals surface area contributed by atoms with Crippen LogP contribution in [-0.4, -0.2) is 69.3 Å². The van der Waals surface area contributed by atoms with Gasteiger partial charge in [-0.25, -0.2) is 0 Å². The van der Waals surface area contributed by atoms with Gasteiger partial charge in [-0.3, -0.25) is 9.69 Å². The summed E-state index contributed by atoms with van der Waals surface area (Å²) in [7, 11) is 0. The molecule has 212 valence electrons. The predicted molar refractivity (Wildman–Crippen MR) is 155 cm³/mol. The highest BCUT2D eigenvalue weighted by molar-refractivity contribution is 5.92. The van der Waals surface area contributed by atoms with Crippen molar-refractivity contribution >= 4 is 12.0 Å². The number of amides is 1. The lowest BCUT2D eigenvalue weighted by Crippen LogP contribution is -2.78. The number of hydrogen-bond donors (Lipinski definition) is 2. The summed E-state index contributed by atoms with van der Waals surface area (Å²) in [6, 6.07) is 11.8. The quantitative estimate of drug-likeness (QED) is 0.491. The molecule has 3 fully saturated rings. The van der Waals surface area contributed by atoms with Gasteiger partial charge in [0.25, 0.3) is 0 Å². The molecule has 2 aromatic rings. The number of likely N-dealkylation sites (tertiary alicyclic amines) is 1. The van der Waals surface area contributed by atoms with Gasteiger partial charge in [0.2, 0.25) is 5.91 Å². The van der Waals surface area contributed by atoms with Gasteiger partial charge in [-0.1, -0.05) is 49.7 Å². The Morgan fingerprint density at radius 3 is 2.77 bits per heavy atom. The van der Waals surface area contributed by atoms with Gasteiger partial charge in [0.05, 0.1) is 17.1 Å². The summed E-state index contributed by atoms with van der Waals surface area (Å²) in [5, 5.41) is 23.8. The molecule has 6 heteroatoms. The predicted octanol–water partition coefficient (Wildman–Crippen LogP) is 4.83. The summed E-state index contributed by atoms with van der Waals surface area (Å²) in [4.78, 5) is 18.5. The molecular formula is C34H42N2O4. The lowest BCUT2D eigenvalue weighted by atomic mass is 9.48. The molecule has 1 spiro atoms. The van der Waals surface area contributed by atoms with Crippen molar-refractivity contribution in [3.05, 3.63) is 64.7 Å². The van der Waals surface area contributed by atoms with Crippen LogP contribution >= 0.6 is 0 Å². The lowest BCUT2D eigenvalue weighted by molar-refractivity contribution is -0.201. The zero-order chi connectivity index (χ0) is 27.8. The monoisotopic (exact) mass is 542 g/mol. The van der Waals surface area contributed by atoms with Crippen LogP contribution in [-0.2, 0) is 16.6 Å². The highest BCUT2D eigenvalue weighted by Crippen LogP contribution is 2.66. The Morgan fingerprint density at radius 2 is 2.02 bits per heavy atom. The van der Waals surface area contributed by atoms with Crippen LogP contribution in [0.2, 0.25) is 0 Å². The van der Waals surface area contributed by atoms with Crippen molar-refractivity contribution in [2.75, 3.05) is 19.6 Å². The van der Waals surface area contributed by atoms with Crippen molar-refractivity contribution in [1.29, 1.82) is 0 Å². The molecule has 5 aliphatic rings. The van der Waals surface area contributed by atoms with Gasteiger partial charge >= 0.3 is 0 Å². The molecule has 2 N–H and O–H groups in total. The molecule has 2 aliphatic heterocycles. The SMILES string of the molecule is Cc1cccc(/C=C/C(=O)N(CC(C)C)[C@@H]2CC[C@@]3(O)[C@@H]4Cc5ccc(O)c6c5[C@@]3(CCN4CC3CC3)[C@H]2O6)c1. The van der Waals surface area contributed by atoms with Crippen LogP contribution < -0.4 is 4.74 Å². The van der Waals surface area contributed by atoms with E-state index in [0.29, 0.717) is 25.1 Å². The van der Waals surface area contributed by atoms with Crippen molar-refractivity contribution in [1.82, 2.24) is 9.80 Å². The summed E-state index contributed by atoms with van der Waals surface area (Å²) in [5.74, 6) is 1.69.